The third-order valence-electron chi connectivity index (χ3n) is 3.43. The molecule has 0 spiro atoms. The van der Waals surface area contributed by atoms with Gasteiger partial charge in [-0.1, -0.05) is 5.92 Å². The zero-order valence-electron chi connectivity index (χ0n) is 12.2. The lowest BCUT2D eigenvalue weighted by Crippen LogP contribution is -2.43. The SMILES string of the molecule is C#CCNC(=O)CN1C(=O)N[C@@](C)(c2cc(F)ccc2F)C1=O. The lowest BCUT2D eigenvalue weighted by molar-refractivity contribution is -0.134. The van der Waals surface area contributed by atoms with Crippen LogP contribution in [0.1, 0.15) is 12.5 Å². The molecule has 23 heavy (non-hydrogen) atoms. The second-order valence-electron chi connectivity index (χ2n) is 5.05. The molecule has 1 aromatic rings. The van der Waals surface area contributed by atoms with Crippen LogP contribution >= 0.6 is 0 Å². The molecule has 0 bridgehead atoms. The number of hydrogen-bond donors (Lipinski definition) is 2. The molecule has 1 fully saturated rings. The van der Waals surface area contributed by atoms with Gasteiger partial charge in [-0.2, -0.15) is 0 Å². The molecule has 0 aromatic heterocycles. The summed E-state index contributed by atoms with van der Waals surface area (Å²) in [5, 5.41) is 4.59. The van der Waals surface area contributed by atoms with Gasteiger partial charge in [0.2, 0.25) is 5.91 Å². The number of urea groups is 1. The number of rotatable bonds is 4. The predicted molar refractivity (Wildman–Crippen MR) is 75.8 cm³/mol. The minimum Gasteiger partial charge on any atom is -0.344 e. The molecule has 2 rings (SSSR count). The van der Waals surface area contributed by atoms with E-state index in [-0.39, 0.29) is 12.1 Å². The van der Waals surface area contributed by atoms with E-state index in [1.165, 1.54) is 6.92 Å². The number of benzene rings is 1. The van der Waals surface area contributed by atoms with E-state index in [9.17, 15) is 23.2 Å². The van der Waals surface area contributed by atoms with Crippen LogP contribution in [-0.2, 0) is 15.1 Å². The Kier molecular flexibility index (Phi) is 4.31. The van der Waals surface area contributed by atoms with Crippen molar-refractivity contribution in [2.24, 2.45) is 0 Å². The highest BCUT2D eigenvalue weighted by atomic mass is 19.1. The Bertz CT molecular complexity index is 729. The molecule has 1 aliphatic rings. The molecular formula is C15H13F2N3O3. The van der Waals surface area contributed by atoms with Crippen LogP contribution in [0.25, 0.3) is 0 Å². The summed E-state index contributed by atoms with van der Waals surface area (Å²) < 4.78 is 27.3. The van der Waals surface area contributed by atoms with E-state index in [0.717, 1.165) is 18.2 Å². The van der Waals surface area contributed by atoms with Crippen molar-refractivity contribution in [3.8, 4) is 12.3 Å². The van der Waals surface area contributed by atoms with Crippen LogP contribution in [-0.4, -0.2) is 35.8 Å². The monoisotopic (exact) mass is 321 g/mol. The van der Waals surface area contributed by atoms with Crippen molar-refractivity contribution in [3.05, 3.63) is 35.4 Å². The summed E-state index contributed by atoms with van der Waals surface area (Å²) in [6.45, 7) is 0.613. The standard InChI is InChI=1S/C15H13F2N3O3/c1-3-6-18-12(21)8-20-13(22)15(2,19-14(20)23)10-7-9(16)4-5-11(10)17/h1,4-5,7H,6,8H2,2H3,(H,18,21)(H,19,23)/t15-/m0/s1. The first-order chi connectivity index (χ1) is 10.8. The van der Waals surface area contributed by atoms with Gasteiger partial charge in [0.1, 0.15) is 23.7 Å². The third-order valence-corrected chi connectivity index (χ3v) is 3.43. The largest absolute Gasteiger partial charge is 0.344 e. The fourth-order valence-corrected chi connectivity index (χ4v) is 2.25. The Morgan fingerprint density at radius 1 is 1.43 bits per heavy atom. The van der Waals surface area contributed by atoms with Crippen LogP contribution in [0.2, 0.25) is 0 Å². The van der Waals surface area contributed by atoms with Gasteiger partial charge in [-0.15, -0.1) is 6.42 Å². The van der Waals surface area contributed by atoms with E-state index in [0.29, 0.717) is 4.90 Å². The molecule has 1 heterocycles. The molecule has 4 amide bonds. The van der Waals surface area contributed by atoms with Crippen molar-refractivity contribution in [2.75, 3.05) is 13.1 Å². The van der Waals surface area contributed by atoms with Crippen LogP contribution in [0.15, 0.2) is 18.2 Å². The highest BCUT2D eigenvalue weighted by Crippen LogP contribution is 2.30. The van der Waals surface area contributed by atoms with E-state index in [2.05, 4.69) is 16.6 Å². The van der Waals surface area contributed by atoms with Gasteiger partial charge in [0, 0.05) is 5.56 Å². The number of amides is 4. The normalized spacial score (nSPS) is 20.2. The van der Waals surface area contributed by atoms with Crippen LogP contribution in [0.5, 0.6) is 0 Å². The second-order valence-corrected chi connectivity index (χ2v) is 5.05. The third kappa shape index (κ3) is 2.99. The predicted octanol–water partition coefficient (Wildman–Crippen LogP) is 0.481. The number of halogens is 2. The second kappa shape index (κ2) is 6.04. The topological polar surface area (TPSA) is 78.5 Å². The smallest absolute Gasteiger partial charge is 0.325 e. The minimum atomic E-state index is -1.80. The summed E-state index contributed by atoms with van der Waals surface area (Å²) in [7, 11) is 0. The first-order valence-electron chi connectivity index (χ1n) is 6.59. The maximum atomic E-state index is 13.9. The average molecular weight is 321 g/mol. The van der Waals surface area contributed by atoms with Gasteiger partial charge in [-0.25, -0.2) is 13.6 Å². The van der Waals surface area contributed by atoms with Crippen molar-refractivity contribution in [1.29, 1.82) is 0 Å². The number of carbonyl (C=O) groups is 3. The molecule has 0 radical (unpaired) electrons. The van der Waals surface area contributed by atoms with Crippen molar-refractivity contribution >= 4 is 17.8 Å². The minimum absolute atomic E-state index is 0.0573. The van der Waals surface area contributed by atoms with Crippen molar-refractivity contribution in [3.63, 3.8) is 0 Å². The quantitative estimate of drug-likeness (QED) is 0.625. The first kappa shape index (κ1) is 16.4. The fourth-order valence-electron chi connectivity index (χ4n) is 2.25. The zero-order valence-corrected chi connectivity index (χ0v) is 12.2. The number of carbonyl (C=O) groups excluding carboxylic acids is 3. The molecule has 0 unspecified atom stereocenters. The summed E-state index contributed by atoms with van der Waals surface area (Å²) in [6, 6.07) is 1.71. The van der Waals surface area contributed by atoms with Gasteiger partial charge in [0.15, 0.2) is 0 Å². The number of terminal acetylenes is 1. The molecule has 0 aliphatic carbocycles. The fraction of sp³-hybridized carbons (Fsp3) is 0.267. The van der Waals surface area contributed by atoms with E-state index in [1.807, 2.05) is 0 Å². The average Bonchev–Trinajstić information content (AvgIpc) is 2.72. The molecule has 1 aliphatic heterocycles. The zero-order chi connectivity index (χ0) is 17.2. The van der Waals surface area contributed by atoms with Gasteiger partial charge in [0.05, 0.1) is 6.54 Å². The van der Waals surface area contributed by atoms with Crippen LogP contribution < -0.4 is 10.6 Å². The van der Waals surface area contributed by atoms with Gasteiger partial charge in [0.25, 0.3) is 5.91 Å². The van der Waals surface area contributed by atoms with Gasteiger partial charge < -0.3 is 10.6 Å². The molecule has 0 saturated carbocycles. The van der Waals surface area contributed by atoms with E-state index < -0.39 is 41.6 Å². The maximum absolute atomic E-state index is 13.9. The van der Waals surface area contributed by atoms with Crippen LogP contribution in [0.4, 0.5) is 13.6 Å². The van der Waals surface area contributed by atoms with E-state index in [1.54, 1.807) is 0 Å². The highest BCUT2D eigenvalue weighted by molar-refractivity contribution is 6.09. The lowest BCUT2D eigenvalue weighted by Gasteiger charge is -2.22. The lowest BCUT2D eigenvalue weighted by atomic mass is 9.91. The first-order valence-corrected chi connectivity index (χ1v) is 6.59. The van der Waals surface area contributed by atoms with Gasteiger partial charge in [-0.3, -0.25) is 14.5 Å². The summed E-state index contributed by atoms with van der Waals surface area (Å²) in [6.07, 6.45) is 4.99. The summed E-state index contributed by atoms with van der Waals surface area (Å²) in [5.41, 5.74) is -2.11. The molecule has 8 heteroatoms. The Balaban J connectivity index is 2.28. The molecule has 2 N–H and O–H groups in total. The molecule has 1 atom stereocenters. The molecule has 120 valence electrons. The molecule has 1 saturated heterocycles. The summed E-state index contributed by atoms with van der Waals surface area (Å²) >= 11 is 0. The van der Waals surface area contributed by atoms with Gasteiger partial charge in [-0.05, 0) is 25.1 Å². The van der Waals surface area contributed by atoms with Crippen molar-refractivity contribution < 1.29 is 23.2 Å². The Morgan fingerprint density at radius 3 is 2.78 bits per heavy atom. The van der Waals surface area contributed by atoms with E-state index >= 15 is 0 Å². The number of nitrogens with one attached hydrogen (secondary N) is 2. The Hall–Kier alpha value is -2.95. The highest BCUT2D eigenvalue weighted by Gasteiger charge is 2.50. The number of imide groups is 1. The van der Waals surface area contributed by atoms with Crippen molar-refractivity contribution in [1.82, 2.24) is 15.5 Å². The summed E-state index contributed by atoms with van der Waals surface area (Å²) in [4.78, 5) is 36.6. The molecule has 1 aromatic carbocycles. The van der Waals surface area contributed by atoms with Crippen LogP contribution in [0, 0.1) is 24.0 Å². The maximum Gasteiger partial charge on any atom is 0.325 e. The Labute approximate surface area is 130 Å². The Morgan fingerprint density at radius 2 is 2.13 bits per heavy atom. The van der Waals surface area contributed by atoms with Gasteiger partial charge >= 0.3 is 6.03 Å². The molecular weight excluding hydrogens is 308 g/mol. The number of hydrogen-bond acceptors (Lipinski definition) is 3. The summed E-state index contributed by atoms with van der Waals surface area (Å²) in [5.74, 6) is -0.928. The van der Waals surface area contributed by atoms with E-state index in [4.69, 9.17) is 6.42 Å². The van der Waals surface area contributed by atoms with Crippen LogP contribution in [0.3, 0.4) is 0 Å². The molecule has 6 nitrogen and oxygen atoms in total. The van der Waals surface area contributed by atoms with Crippen molar-refractivity contribution in [2.45, 2.75) is 12.5 Å². The number of nitrogens with zero attached hydrogens (tertiary/aromatic N) is 1.